The van der Waals surface area contributed by atoms with Gasteiger partial charge in [-0.3, -0.25) is 4.79 Å². The fourth-order valence-electron chi connectivity index (χ4n) is 1.65. The van der Waals surface area contributed by atoms with Crippen LogP contribution < -0.4 is 0 Å². The predicted molar refractivity (Wildman–Crippen MR) is 69.6 cm³/mol. The first-order chi connectivity index (χ1) is 9.06. The van der Waals surface area contributed by atoms with Crippen molar-refractivity contribution in [2.24, 2.45) is 0 Å². The van der Waals surface area contributed by atoms with Crippen LogP contribution in [0.15, 0.2) is 0 Å². The van der Waals surface area contributed by atoms with Crippen molar-refractivity contribution in [3.8, 4) is 0 Å². The summed E-state index contributed by atoms with van der Waals surface area (Å²) in [7, 11) is 0. The molecule has 0 fully saturated rings. The number of ether oxygens (including phenoxy) is 2. The van der Waals surface area contributed by atoms with Crippen molar-refractivity contribution in [2.75, 3.05) is 6.61 Å². The standard InChI is InChI=1S/C13H22N2O4/c1-4-6-7-8-9-11(19-10(3)16)12(15-14)13(17)18-5-2/h11H,4-9H2,1-3H3. The normalized spacial score (nSPS) is 11.3. The third-order valence-corrected chi connectivity index (χ3v) is 2.53. The Morgan fingerprint density at radius 3 is 2.37 bits per heavy atom. The highest BCUT2D eigenvalue weighted by molar-refractivity contribution is 6.35. The van der Waals surface area contributed by atoms with Gasteiger partial charge in [0.25, 0.3) is 0 Å². The van der Waals surface area contributed by atoms with E-state index in [1.165, 1.54) is 6.92 Å². The minimum atomic E-state index is -0.849. The SMILES string of the molecule is CCCCCCC(OC(C)=O)C(=[N+]=[N-])C(=O)OCC. The van der Waals surface area contributed by atoms with Gasteiger partial charge in [-0.1, -0.05) is 26.2 Å². The van der Waals surface area contributed by atoms with Gasteiger partial charge in [0.05, 0.1) is 6.61 Å². The second kappa shape index (κ2) is 10.3. The van der Waals surface area contributed by atoms with Crippen LogP contribution in [0.25, 0.3) is 5.53 Å². The quantitative estimate of drug-likeness (QED) is 0.211. The molecule has 0 aromatic heterocycles. The molecular formula is C13H22N2O4. The number of unbranched alkanes of at least 4 members (excludes halogenated alkanes) is 3. The lowest BCUT2D eigenvalue weighted by Crippen LogP contribution is -2.34. The molecule has 0 rings (SSSR count). The van der Waals surface area contributed by atoms with Gasteiger partial charge in [0, 0.05) is 6.92 Å². The molecule has 0 saturated heterocycles. The number of hydrogen-bond donors (Lipinski definition) is 0. The number of nitrogens with zero attached hydrogens (tertiary/aromatic N) is 2. The van der Waals surface area contributed by atoms with Gasteiger partial charge in [0.1, 0.15) is 0 Å². The Bertz CT molecular complexity index is 349. The molecule has 6 heteroatoms. The monoisotopic (exact) mass is 270 g/mol. The average Bonchev–Trinajstić information content (AvgIpc) is 2.35. The Hall–Kier alpha value is -1.68. The first kappa shape index (κ1) is 17.3. The third kappa shape index (κ3) is 7.36. The highest BCUT2D eigenvalue weighted by atomic mass is 16.6. The maximum Gasteiger partial charge on any atom is 0.421 e. The molecule has 0 heterocycles. The zero-order chi connectivity index (χ0) is 14.7. The minimum Gasteiger partial charge on any atom is -0.457 e. The Morgan fingerprint density at radius 1 is 1.21 bits per heavy atom. The zero-order valence-electron chi connectivity index (χ0n) is 11.8. The van der Waals surface area contributed by atoms with Gasteiger partial charge >= 0.3 is 17.7 Å². The molecule has 0 amide bonds. The molecule has 0 aliphatic heterocycles. The molecule has 108 valence electrons. The number of carbonyl (C=O) groups excluding carboxylic acids is 2. The maximum atomic E-state index is 11.6. The molecule has 0 spiro atoms. The summed E-state index contributed by atoms with van der Waals surface area (Å²) in [4.78, 5) is 25.5. The summed E-state index contributed by atoms with van der Waals surface area (Å²) >= 11 is 0. The highest BCUT2D eigenvalue weighted by Gasteiger charge is 2.34. The zero-order valence-corrected chi connectivity index (χ0v) is 11.8. The van der Waals surface area contributed by atoms with Crippen LogP contribution in [0.1, 0.15) is 52.9 Å². The average molecular weight is 270 g/mol. The van der Waals surface area contributed by atoms with Gasteiger partial charge in [-0.05, 0) is 19.8 Å². The Balaban J connectivity index is 4.65. The van der Waals surface area contributed by atoms with Crippen molar-refractivity contribution in [1.29, 1.82) is 0 Å². The van der Waals surface area contributed by atoms with E-state index in [9.17, 15) is 9.59 Å². The lowest BCUT2D eigenvalue weighted by Gasteiger charge is -2.12. The first-order valence-corrected chi connectivity index (χ1v) is 6.63. The van der Waals surface area contributed by atoms with Gasteiger partial charge in [0.2, 0.25) is 6.10 Å². The first-order valence-electron chi connectivity index (χ1n) is 6.63. The Kier molecular flexibility index (Phi) is 9.35. The van der Waals surface area contributed by atoms with Crippen molar-refractivity contribution < 1.29 is 23.9 Å². The van der Waals surface area contributed by atoms with Crippen molar-refractivity contribution in [2.45, 2.75) is 59.0 Å². The summed E-state index contributed by atoms with van der Waals surface area (Å²) in [6.45, 7) is 5.15. The van der Waals surface area contributed by atoms with E-state index < -0.39 is 18.0 Å². The number of esters is 2. The summed E-state index contributed by atoms with van der Waals surface area (Å²) in [6.07, 6.45) is 3.49. The maximum absolute atomic E-state index is 11.6. The molecule has 0 bridgehead atoms. The summed E-state index contributed by atoms with van der Waals surface area (Å²) in [5, 5.41) is 0. The second-order valence-electron chi connectivity index (χ2n) is 4.15. The molecule has 0 N–H and O–H groups in total. The second-order valence-corrected chi connectivity index (χ2v) is 4.15. The van der Waals surface area contributed by atoms with E-state index in [2.05, 4.69) is 11.7 Å². The molecule has 0 aromatic carbocycles. The molecule has 0 aliphatic carbocycles. The Labute approximate surface area is 113 Å². The van der Waals surface area contributed by atoms with Crippen LogP contribution in [0.3, 0.4) is 0 Å². The van der Waals surface area contributed by atoms with Crippen LogP contribution >= 0.6 is 0 Å². The van der Waals surface area contributed by atoms with Gasteiger partial charge < -0.3 is 15.0 Å². The topological polar surface area (TPSA) is 89.0 Å². The summed E-state index contributed by atoms with van der Waals surface area (Å²) < 4.78 is 9.78. The van der Waals surface area contributed by atoms with E-state index in [0.29, 0.717) is 6.42 Å². The highest BCUT2D eigenvalue weighted by Crippen LogP contribution is 2.10. The van der Waals surface area contributed by atoms with Crippen LogP contribution in [-0.4, -0.2) is 35.2 Å². The predicted octanol–water partition coefficient (Wildman–Crippen LogP) is 2.12. The summed E-state index contributed by atoms with van der Waals surface area (Å²) in [6, 6.07) is 0. The van der Waals surface area contributed by atoms with E-state index in [1.807, 2.05) is 0 Å². The van der Waals surface area contributed by atoms with E-state index in [4.69, 9.17) is 15.0 Å². The Morgan fingerprint density at radius 2 is 1.89 bits per heavy atom. The van der Waals surface area contributed by atoms with Crippen molar-refractivity contribution in [3.63, 3.8) is 0 Å². The van der Waals surface area contributed by atoms with Crippen molar-refractivity contribution in [1.82, 2.24) is 0 Å². The van der Waals surface area contributed by atoms with Crippen LogP contribution in [-0.2, 0) is 19.1 Å². The number of hydrogen-bond acceptors (Lipinski definition) is 4. The molecule has 0 radical (unpaired) electrons. The molecule has 1 atom stereocenters. The van der Waals surface area contributed by atoms with Crippen molar-refractivity contribution >= 4 is 17.7 Å². The van der Waals surface area contributed by atoms with E-state index >= 15 is 0 Å². The molecular weight excluding hydrogens is 248 g/mol. The smallest absolute Gasteiger partial charge is 0.421 e. The number of rotatable bonds is 9. The van der Waals surface area contributed by atoms with Crippen molar-refractivity contribution in [3.05, 3.63) is 5.53 Å². The van der Waals surface area contributed by atoms with Crippen LogP contribution in [0.5, 0.6) is 0 Å². The van der Waals surface area contributed by atoms with Crippen LogP contribution in [0, 0.1) is 0 Å². The summed E-state index contributed by atoms with van der Waals surface area (Å²) in [5.41, 5.74) is 8.65. The summed E-state index contributed by atoms with van der Waals surface area (Å²) in [5.74, 6) is -1.28. The van der Waals surface area contributed by atoms with Gasteiger partial charge in [-0.15, -0.1) is 0 Å². The van der Waals surface area contributed by atoms with Gasteiger partial charge in [0.15, 0.2) is 0 Å². The molecule has 0 aromatic rings. The van der Waals surface area contributed by atoms with Gasteiger partial charge in [-0.2, -0.15) is 4.79 Å². The molecule has 0 aliphatic rings. The lowest BCUT2D eigenvalue weighted by molar-refractivity contribution is -0.149. The van der Waals surface area contributed by atoms with Crippen LogP contribution in [0.4, 0.5) is 0 Å². The molecule has 1 unspecified atom stereocenters. The fourth-order valence-corrected chi connectivity index (χ4v) is 1.65. The fraction of sp³-hybridized carbons (Fsp3) is 0.769. The minimum absolute atomic E-state index is 0.167. The number of carbonyl (C=O) groups is 2. The molecule has 19 heavy (non-hydrogen) atoms. The third-order valence-electron chi connectivity index (χ3n) is 2.53. The van der Waals surface area contributed by atoms with E-state index in [-0.39, 0.29) is 12.3 Å². The van der Waals surface area contributed by atoms with E-state index in [1.54, 1.807) is 6.92 Å². The molecule has 6 nitrogen and oxygen atoms in total. The van der Waals surface area contributed by atoms with Crippen LogP contribution in [0.2, 0.25) is 0 Å². The van der Waals surface area contributed by atoms with Gasteiger partial charge in [-0.25, -0.2) is 4.79 Å². The molecule has 0 saturated carbocycles. The lowest BCUT2D eigenvalue weighted by atomic mass is 10.1. The largest absolute Gasteiger partial charge is 0.457 e. The van der Waals surface area contributed by atoms with E-state index in [0.717, 1.165) is 25.7 Å².